The van der Waals surface area contributed by atoms with Crippen LogP contribution in [0.1, 0.15) is 24.9 Å². The van der Waals surface area contributed by atoms with Gasteiger partial charge in [0.25, 0.3) is 0 Å². The Hall–Kier alpha value is -1.10. The Kier molecular flexibility index (Phi) is 6.03. The third-order valence-corrected chi connectivity index (χ3v) is 4.18. The van der Waals surface area contributed by atoms with E-state index in [0.717, 1.165) is 43.2 Å². The van der Waals surface area contributed by atoms with Crippen LogP contribution in [0.2, 0.25) is 5.02 Å². The Morgan fingerprint density at radius 2 is 2.24 bits per heavy atom. The monoisotopic (exact) mass is 309 g/mol. The van der Waals surface area contributed by atoms with Crippen molar-refractivity contribution in [3.63, 3.8) is 0 Å². The first-order chi connectivity index (χ1) is 10.1. The zero-order chi connectivity index (χ0) is 15.2. The van der Waals surface area contributed by atoms with E-state index in [-0.39, 0.29) is 11.9 Å². The van der Waals surface area contributed by atoms with Crippen LogP contribution in [0.15, 0.2) is 24.3 Å². The summed E-state index contributed by atoms with van der Waals surface area (Å²) < 4.78 is 0. The van der Waals surface area contributed by atoms with E-state index in [1.807, 2.05) is 36.2 Å². The summed E-state index contributed by atoms with van der Waals surface area (Å²) in [5.41, 5.74) is 1.03. The largest absolute Gasteiger partial charge is 0.332 e. The number of carbonyl (C=O) groups excluding carboxylic acids is 1. The molecule has 5 heteroatoms. The van der Waals surface area contributed by atoms with Crippen LogP contribution in [-0.4, -0.2) is 55.5 Å². The highest BCUT2D eigenvalue weighted by Gasteiger charge is 2.29. The average Bonchev–Trinajstić information content (AvgIpc) is 2.48. The van der Waals surface area contributed by atoms with E-state index in [9.17, 15) is 4.79 Å². The first-order valence-electron chi connectivity index (χ1n) is 7.56. The SMILES string of the molecule is CCCN(C)CC(=O)N1CCNCC1c1ccccc1Cl. The molecule has 1 saturated heterocycles. The van der Waals surface area contributed by atoms with Crippen molar-refractivity contribution < 1.29 is 4.79 Å². The van der Waals surface area contributed by atoms with Gasteiger partial charge < -0.3 is 10.2 Å². The molecule has 116 valence electrons. The molecule has 1 N–H and O–H groups in total. The Balaban J connectivity index is 2.12. The Morgan fingerprint density at radius 3 is 2.95 bits per heavy atom. The van der Waals surface area contributed by atoms with E-state index in [1.54, 1.807) is 0 Å². The molecule has 2 rings (SSSR count). The van der Waals surface area contributed by atoms with Gasteiger partial charge in [0.05, 0.1) is 12.6 Å². The van der Waals surface area contributed by atoms with Crippen LogP contribution >= 0.6 is 11.6 Å². The number of nitrogens with zero attached hydrogens (tertiary/aromatic N) is 2. The Morgan fingerprint density at radius 1 is 1.48 bits per heavy atom. The first-order valence-corrected chi connectivity index (χ1v) is 7.94. The fourth-order valence-electron chi connectivity index (χ4n) is 2.81. The number of piperazine rings is 1. The molecule has 1 atom stereocenters. The van der Waals surface area contributed by atoms with Crippen molar-refractivity contribution in [3.05, 3.63) is 34.9 Å². The predicted molar refractivity (Wildman–Crippen MR) is 86.6 cm³/mol. The number of amides is 1. The van der Waals surface area contributed by atoms with Gasteiger partial charge in [-0.3, -0.25) is 9.69 Å². The standard InChI is InChI=1S/C16H24ClN3O/c1-3-9-19(2)12-16(21)20-10-8-18-11-15(20)13-6-4-5-7-14(13)17/h4-7,15,18H,3,8-12H2,1-2H3. The van der Waals surface area contributed by atoms with E-state index in [0.29, 0.717) is 6.54 Å². The molecule has 0 radical (unpaired) electrons. The smallest absolute Gasteiger partial charge is 0.237 e. The van der Waals surface area contributed by atoms with Crippen molar-refractivity contribution in [3.8, 4) is 0 Å². The van der Waals surface area contributed by atoms with Gasteiger partial charge >= 0.3 is 0 Å². The van der Waals surface area contributed by atoms with Gasteiger partial charge in [0, 0.05) is 24.7 Å². The van der Waals surface area contributed by atoms with Crippen LogP contribution in [-0.2, 0) is 4.79 Å². The molecule has 0 saturated carbocycles. The molecule has 21 heavy (non-hydrogen) atoms. The second-order valence-corrected chi connectivity index (χ2v) is 5.97. The minimum Gasteiger partial charge on any atom is -0.332 e. The van der Waals surface area contributed by atoms with Gasteiger partial charge in [-0.2, -0.15) is 0 Å². The second-order valence-electron chi connectivity index (χ2n) is 5.57. The lowest BCUT2D eigenvalue weighted by atomic mass is 10.0. The zero-order valence-electron chi connectivity index (χ0n) is 12.8. The minimum atomic E-state index is 0.0231. The van der Waals surface area contributed by atoms with E-state index >= 15 is 0 Å². The van der Waals surface area contributed by atoms with Gasteiger partial charge in [0.1, 0.15) is 0 Å². The fraction of sp³-hybridized carbons (Fsp3) is 0.562. The summed E-state index contributed by atoms with van der Waals surface area (Å²) in [5.74, 6) is 0.178. The molecule has 1 aromatic carbocycles. The van der Waals surface area contributed by atoms with Crippen LogP contribution in [0.3, 0.4) is 0 Å². The van der Waals surface area contributed by atoms with Gasteiger partial charge in [0.15, 0.2) is 0 Å². The van der Waals surface area contributed by atoms with Gasteiger partial charge in [-0.25, -0.2) is 0 Å². The van der Waals surface area contributed by atoms with Gasteiger partial charge in [0.2, 0.25) is 5.91 Å². The Labute approximate surface area is 132 Å². The maximum absolute atomic E-state index is 12.6. The van der Waals surface area contributed by atoms with E-state index in [4.69, 9.17) is 11.6 Å². The normalized spacial score (nSPS) is 19.0. The van der Waals surface area contributed by atoms with Crippen molar-refractivity contribution in [2.75, 3.05) is 39.8 Å². The summed E-state index contributed by atoms with van der Waals surface area (Å²) in [6.45, 7) is 5.85. The molecule has 0 spiro atoms. The summed E-state index contributed by atoms with van der Waals surface area (Å²) in [7, 11) is 1.99. The molecule has 0 bridgehead atoms. The van der Waals surface area contributed by atoms with Crippen molar-refractivity contribution in [2.45, 2.75) is 19.4 Å². The molecule has 0 aromatic heterocycles. The highest BCUT2D eigenvalue weighted by molar-refractivity contribution is 6.31. The molecule has 1 amide bonds. The van der Waals surface area contributed by atoms with Crippen LogP contribution in [0.5, 0.6) is 0 Å². The molecule has 1 unspecified atom stereocenters. The molecular weight excluding hydrogens is 286 g/mol. The molecule has 1 aliphatic rings. The summed E-state index contributed by atoms with van der Waals surface area (Å²) in [5, 5.41) is 4.09. The lowest BCUT2D eigenvalue weighted by Crippen LogP contribution is -2.51. The van der Waals surface area contributed by atoms with E-state index in [2.05, 4.69) is 17.1 Å². The number of likely N-dealkylation sites (N-methyl/N-ethyl adjacent to an activating group) is 1. The molecule has 4 nitrogen and oxygen atoms in total. The van der Waals surface area contributed by atoms with Crippen LogP contribution < -0.4 is 5.32 Å². The lowest BCUT2D eigenvalue weighted by molar-refractivity contribution is -0.135. The molecule has 1 aliphatic heterocycles. The van der Waals surface area contributed by atoms with Crippen LogP contribution in [0.25, 0.3) is 0 Å². The second kappa shape index (κ2) is 7.78. The van der Waals surface area contributed by atoms with Gasteiger partial charge in [-0.05, 0) is 31.6 Å². The highest BCUT2D eigenvalue weighted by atomic mass is 35.5. The topological polar surface area (TPSA) is 35.6 Å². The highest BCUT2D eigenvalue weighted by Crippen LogP contribution is 2.28. The van der Waals surface area contributed by atoms with Crippen molar-refractivity contribution in [1.29, 1.82) is 0 Å². The van der Waals surface area contributed by atoms with Crippen molar-refractivity contribution in [2.24, 2.45) is 0 Å². The summed E-state index contributed by atoms with van der Waals surface area (Å²) in [6.07, 6.45) is 1.05. The number of hydrogen-bond acceptors (Lipinski definition) is 3. The summed E-state index contributed by atoms with van der Waals surface area (Å²) >= 11 is 6.31. The third kappa shape index (κ3) is 4.19. The van der Waals surface area contributed by atoms with Gasteiger partial charge in [-0.15, -0.1) is 0 Å². The third-order valence-electron chi connectivity index (χ3n) is 3.84. The number of halogens is 1. The predicted octanol–water partition coefficient (Wildman–Crippen LogP) is 2.15. The number of hydrogen-bond donors (Lipinski definition) is 1. The number of rotatable bonds is 5. The zero-order valence-corrected chi connectivity index (χ0v) is 13.6. The summed E-state index contributed by atoms with van der Waals surface area (Å²) in [4.78, 5) is 16.6. The molecule has 1 fully saturated rings. The molecular formula is C16H24ClN3O. The molecule has 0 aliphatic carbocycles. The summed E-state index contributed by atoms with van der Waals surface area (Å²) in [6, 6.07) is 7.81. The number of benzene rings is 1. The quantitative estimate of drug-likeness (QED) is 0.905. The number of nitrogens with one attached hydrogen (secondary N) is 1. The minimum absolute atomic E-state index is 0.0231. The molecule has 1 aromatic rings. The Bertz CT molecular complexity index is 480. The first kappa shape index (κ1) is 16.3. The maximum Gasteiger partial charge on any atom is 0.237 e. The maximum atomic E-state index is 12.6. The number of carbonyl (C=O) groups is 1. The van der Waals surface area contributed by atoms with E-state index < -0.39 is 0 Å². The lowest BCUT2D eigenvalue weighted by Gasteiger charge is -2.37. The average molecular weight is 310 g/mol. The van der Waals surface area contributed by atoms with Crippen molar-refractivity contribution in [1.82, 2.24) is 15.1 Å². The van der Waals surface area contributed by atoms with Crippen LogP contribution in [0.4, 0.5) is 0 Å². The fourth-order valence-corrected chi connectivity index (χ4v) is 3.07. The van der Waals surface area contributed by atoms with Gasteiger partial charge in [-0.1, -0.05) is 36.7 Å². The molecule has 1 heterocycles. The van der Waals surface area contributed by atoms with Crippen LogP contribution in [0, 0.1) is 0 Å². The van der Waals surface area contributed by atoms with Crippen molar-refractivity contribution >= 4 is 17.5 Å². The van der Waals surface area contributed by atoms with E-state index in [1.165, 1.54) is 0 Å².